The van der Waals surface area contributed by atoms with Gasteiger partial charge in [0.2, 0.25) is 5.82 Å². The van der Waals surface area contributed by atoms with Gasteiger partial charge in [-0.1, -0.05) is 13.0 Å². The lowest BCUT2D eigenvalue weighted by atomic mass is 10.1. The Labute approximate surface area is 124 Å². The van der Waals surface area contributed by atoms with Crippen LogP contribution >= 0.6 is 11.3 Å². The Morgan fingerprint density at radius 1 is 1.48 bits per heavy atom. The fourth-order valence-corrected chi connectivity index (χ4v) is 2.76. The number of thiophene rings is 1. The summed E-state index contributed by atoms with van der Waals surface area (Å²) in [4.78, 5) is 23.0. The molecule has 0 aliphatic rings. The first kappa shape index (κ1) is 15.1. The molecule has 1 heterocycles. The third kappa shape index (κ3) is 3.43. The second kappa shape index (κ2) is 6.45. The summed E-state index contributed by atoms with van der Waals surface area (Å²) in [6.07, 6.45) is 0.690. The van der Waals surface area contributed by atoms with E-state index in [0.29, 0.717) is 6.42 Å². The molecule has 0 bridgehead atoms. The van der Waals surface area contributed by atoms with Crippen molar-refractivity contribution in [2.45, 2.75) is 19.4 Å². The van der Waals surface area contributed by atoms with Crippen molar-refractivity contribution in [1.82, 2.24) is 5.32 Å². The number of carbonyl (C=O) groups excluding carboxylic acids is 1. The molecule has 0 aliphatic heterocycles. The molecule has 1 aromatic carbocycles. The maximum absolute atomic E-state index is 13.3. The van der Waals surface area contributed by atoms with Crippen LogP contribution in [0.4, 0.5) is 10.1 Å². The molecule has 2 rings (SSSR count). The molecule has 21 heavy (non-hydrogen) atoms. The average Bonchev–Trinajstić information content (AvgIpc) is 2.98. The first-order chi connectivity index (χ1) is 10.0. The SMILES string of the molecule is CCC(NC(=O)c1ccc(F)c([N+](=O)[O-])c1)c1cccs1. The van der Waals surface area contributed by atoms with Crippen LogP contribution in [0.2, 0.25) is 0 Å². The fraction of sp³-hybridized carbons (Fsp3) is 0.214. The Hall–Kier alpha value is -2.28. The van der Waals surface area contributed by atoms with Crippen molar-refractivity contribution < 1.29 is 14.1 Å². The second-order valence-electron chi connectivity index (χ2n) is 4.37. The van der Waals surface area contributed by atoms with E-state index in [1.807, 2.05) is 24.4 Å². The molecule has 1 atom stereocenters. The van der Waals surface area contributed by atoms with E-state index < -0.39 is 22.3 Å². The number of nitro groups is 1. The summed E-state index contributed by atoms with van der Waals surface area (Å²) in [5, 5.41) is 15.4. The van der Waals surface area contributed by atoms with Gasteiger partial charge < -0.3 is 5.32 Å². The first-order valence-corrected chi connectivity index (χ1v) is 7.19. The summed E-state index contributed by atoms with van der Waals surface area (Å²) < 4.78 is 13.3. The van der Waals surface area contributed by atoms with Crippen LogP contribution in [0.1, 0.15) is 34.6 Å². The zero-order valence-electron chi connectivity index (χ0n) is 11.2. The van der Waals surface area contributed by atoms with Gasteiger partial charge in [0, 0.05) is 16.5 Å². The minimum absolute atomic E-state index is 0.0677. The number of amides is 1. The standard InChI is InChI=1S/C14H13FN2O3S/c1-2-11(13-4-3-7-21-13)16-14(18)9-5-6-10(15)12(8-9)17(19)20/h3-8,11H,2H2,1H3,(H,16,18). The quantitative estimate of drug-likeness (QED) is 0.676. The Balaban J connectivity index is 2.20. The van der Waals surface area contributed by atoms with Crippen LogP contribution in [0.5, 0.6) is 0 Å². The van der Waals surface area contributed by atoms with E-state index in [1.165, 1.54) is 17.4 Å². The van der Waals surface area contributed by atoms with Crippen LogP contribution in [-0.4, -0.2) is 10.8 Å². The zero-order chi connectivity index (χ0) is 15.4. The highest BCUT2D eigenvalue weighted by molar-refractivity contribution is 7.10. The average molecular weight is 308 g/mol. The predicted molar refractivity (Wildman–Crippen MR) is 77.9 cm³/mol. The van der Waals surface area contributed by atoms with Gasteiger partial charge in [-0.2, -0.15) is 4.39 Å². The van der Waals surface area contributed by atoms with E-state index in [2.05, 4.69) is 5.32 Å². The van der Waals surface area contributed by atoms with Gasteiger partial charge in [0.05, 0.1) is 11.0 Å². The normalized spacial score (nSPS) is 11.9. The van der Waals surface area contributed by atoms with Crippen molar-refractivity contribution in [3.05, 3.63) is 62.1 Å². The maximum Gasteiger partial charge on any atom is 0.305 e. The molecule has 110 valence electrons. The van der Waals surface area contributed by atoms with Gasteiger partial charge in [-0.15, -0.1) is 11.3 Å². The molecule has 1 unspecified atom stereocenters. The molecule has 7 heteroatoms. The molecule has 2 aromatic rings. The van der Waals surface area contributed by atoms with E-state index in [4.69, 9.17) is 0 Å². The van der Waals surface area contributed by atoms with Gasteiger partial charge in [0.15, 0.2) is 0 Å². The van der Waals surface area contributed by atoms with Gasteiger partial charge in [-0.25, -0.2) is 0 Å². The van der Waals surface area contributed by atoms with Crippen LogP contribution in [0.15, 0.2) is 35.7 Å². The van der Waals surface area contributed by atoms with Crippen LogP contribution in [0.3, 0.4) is 0 Å². The summed E-state index contributed by atoms with van der Waals surface area (Å²) in [5.41, 5.74) is -0.634. The molecule has 1 N–H and O–H groups in total. The molecular weight excluding hydrogens is 295 g/mol. The van der Waals surface area contributed by atoms with Crippen molar-refractivity contribution >= 4 is 22.9 Å². The fourth-order valence-electron chi connectivity index (χ4n) is 1.90. The predicted octanol–water partition coefficient (Wildman–Crippen LogP) is 3.68. The number of rotatable bonds is 5. The molecule has 0 aliphatic carbocycles. The Kier molecular flexibility index (Phi) is 4.64. The Morgan fingerprint density at radius 3 is 2.81 bits per heavy atom. The summed E-state index contributed by atoms with van der Waals surface area (Å²) >= 11 is 1.52. The smallest absolute Gasteiger partial charge is 0.305 e. The van der Waals surface area contributed by atoms with Crippen LogP contribution in [0.25, 0.3) is 0 Å². The number of hydrogen-bond donors (Lipinski definition) is 1. The van der Waals surface area contributed by atoms with Gasteiger partial charge in [-0.3, -0.25) is 14.9 Å². The highest BCUT2D eigenvalue weighted by Crippen LogP contribution is 2.23. The molecule has 5 nitrogen and oxygen atoms in total. The highest BCUT2D eigenvalue weighted by Gasteiger charge is 2.20. The van der Waals surface area contributed by atoms with Crippen LogP contribution in [0, 0.1) is 15.9 Å². The van der Waals surface area contributed by atoms with Crippen LogP contribution < -0.4 is 5.32 Å². The van der Waals surface area contributed by atoms with Gasteiger partial charge in [0.25, 0.3) is 5.91 Å². The molecule has 0 fully saturated rings. The number of benzene rings is 1. The molecule has 0 spiro atoms. The lowest BCUT2D eigenvalue weighted by Crippen LogP contribution is -2.27. The molecule has 0 saturated carbocycles. The third-order valence-electron chi connectivity index (χ3n) is 3.01. The highest BCUT2D eigenvalue weighted by atomic mass is 32.1. The Morgan fingerprint density at radius 2 is 2.24 bits per heavy atom. The topological polar surface area (TPSA) is 72.2 Å². The van der Waals surface area contributed by atoms with Crippen LogP contribution in [-0.2, 0) is 0 Å². The van der Waals surface area contributed by atoms with E-state index in [0.717, 1.165) is 17.0 Å². The van der Waals surface area contributed by atoms with Gasteiger partial charge in [-0.05, 0) is 30.0 Å². The molecule has 0 radical (unpaired) electrons. The lowest BCUT2D eigenvalue weighted by molar-refractivity contribution is -0.387. The minimum atomic E-state index is -0.957. The number of nitro benzene ring substituents is 1. The summed E-state index contributed by atoms with van der Waals surface area (Å²) in [7, 11) is 0. The number of hydrogen-bond acceptors (Lipinski definition) is 4. The molecule has 1 aromatic heterocycles. The monoisotopic (exact) mass is 308 g/mol. The van der Waals surface area contributed by atoms with Gasteiger partial charge in [0.1, 0.15) is 0 Å². The first-order valence-electron chi connectivity index (χ1n) is 6.31. The minimum Gasteiger partial charge on any atom is -0.344 e. The summed E-state index contributed by atoms with van der Waals surface area (Å²) in [6, 6.07) is 6.75. The number of halogens is 1. The third-order valence-corrected chi connectivity index (χ3v) is 3.99. The van der Waals surface area contributed by atoms with Gasteiger partial charge >= 0.3 is 5.69 Å². The van der Waals surface area contributed by atoms with E-state index >= 15 is 0 Å². The molecule has 1 amide bonds. The maximum atomic E-state index is 13.3. The zero-order valence-corrected chi connectivity index (χ0v) is 12.0. The van der Waals surface area contributed by atoms with Crippen molar-refractivity contribution in [2.75, 3.05) is 0 Å². The largest absolute Gasteiger partial charge is 0.344 e. The molecule has 0 saturated heterocycles. The van der Waals surface area contributed by atoms with E-state index in [-0.39, 0.29) is 11.6 Å². The lowest BCUT2D eigenvalue weighted by Gasteiger charge is -2.15. The van der Waals surface area contributed by atoms with Crippen molar-refractivity contribution in [2.24, 2.45) is 0 Å². The second-order valence-corrected chi connectivity index (χ2v) is 5.35. The van der Waals surface area contributed by atoms with Crippen molar-refractivity contribution in [1.29, 1.82) is 0 Å². The number of nitrogens with zero attached hydrogens (tertiary/aromatic N) is 1. The van der Waals surface area contributed by atoms with Crippen molar-refractivity contribution in [3.8, 4) is 0 Å². The summed E-state index contributed by atoms with van der Waals surface area (Å²) in [6.45, 7) is 1.93. The number of carbonyl (C=O) groups is 1. The van der Waals surface area contributed by atoms with E-state index in [9.17, 15) is 19.3 Å². The Bertz CT molecular complexity index is 658. The molecular formula is C14H13FN2O3S. The number of nitrogens with one attached hydrogen (secondary N) is 1. The van der Waals surface area contributed by atoms with E-state index in [1.54, 1.807) is 0 Å². The summed E-state index contributed by atoms with van der Waals surface area (Å²) in [5.74, 6) is -1.42. The van der Waals surface area contributed by atoms with Crippen molar-refractivity contribution in [3.63, 3.8) is 0 Å².